The monoisotopic (exact) mass is 434 g/mol. The molecule has 0 aromatic carbocycles. The van der Waals surface area contributed by atoms with Crippen LogP contribution in [0.2, 0.25) is 0 Å². The minimum atomic E-state index is -0.172. The second kappa shape index (κ2) is 8.09. The van der Waals surface area contributed by atoms with Gasteiger partial charge in [-0.25, -0.2) is 0 Å². The van der Waals surface area contributed by atoms with Gasteiger partial charge in [0.1, 0.15) is 0 Å². The maximum atomic E-state index is 4.83. The van der Waals surface area contributed by atoms with Crippen molar-refractivity contribution >= 4 is 25.3 Å². The molecule has 4 aliphatic carbocycles. The summed E-state index contributed by atoms with van der Waals surface area (Å²) < 4.78 is -0.172. The predicted molar refractivity (Wildman–Crippen MR) is 134 cm³/mol. The highest BCUT2D eigenvalue weighted by atomic mass is 32.2. The van der Waals surface area contributed by atoms with E-state index >= 15 is 0 Å². The molecule has 3 saturated carbocycles. The van der Waals surface area contributed by atoms with Crippen LogP contribution >= 0.6 is 25.3 Å². The summed E-state index contributed by atoms with van der Waals surface area (Å²) in [6, 6.07) is 0. The average Bonchev–Trinajstić information content (AvgIpc) is 2.99. The van der Waals surface area contributed by atoms with Crippen LogP contribution in [-0.2, 0) is 0 Å². The summed E-state index contributed by atoms with van der Waals surface area (Å²) in [4.78, 5) is 0. The zero-order valence-electron chi connectivity index (χ0n) is 19.7. The van der Waals surface area contributed by atoms with Crippen LogP contribution in [0.4, 0.5) is 0 Å². The Labute approximate surface area is 192 Å². The quantitative estimate of drug-likeness (QED) is 0.241. The van der Waals surface area contributed by atoms with Gasteiger partial charge in [0.15, 0.2) is 0 Å². The molecule has 0 spiro atoms. The second-order valence-corrected chi connectivity index (χ2v) is 14.4. The van der Waals surface area contributed by atoms with Crippen molar-refractivity contribution in [3.05, 3.63) is 11.6 Å². The molecule has 0 amide bonds. The molecule has 29 heavy (non-hydrogen) atoms. The summed E-state index contributed by atoms with van der Waals surface area (Å²) >= 11 is 9.65. The van der Waals surface area contributed by atoms with Crippen molar-refractivity contribution < 1.29 is 0 Å². The van der Waals surface area contributed by atoms with Gasteiger partial charge in [-0.2, -0.15) is 25.3 Å². The molecular weight excluding hydrogens is 388 g/mol. The smallest absolute Gasteiger partial charge is 0.0736 e. The number of fused-ring (bicyclic) bond motifs is 5. The van der Waals surface area contributed by atoms with Gasteiger partial charge in [0.2, 0.25) is 0 Å². The van der Waals surface area contributed by atoms with E-state index in [0.29, 0.717) is 10.8 Å². The number of rotatable bonds is 5. The third kappa shape index (κ3) is 4.01. The molecule has 0 aromatic heterocycles. The van der Waals surface area contributed by atoms with Crippen molar-refractivity contribution in [1.82, 2.24) is 0 Å². The summed E-state index contributed by atoms with van der Waals surface area (Å²) in [6.45, 7) is 12.7. The molecule has 0 unspecified atom stereocenters. The molecule has 4 aliphatic rings. The predicted octanol–water partition coefficient (Wildman–Crippen LogP) is 8.58. The highest BCUT2D eigenvalue weighted by molar-refractivity contribution is 8.00. The molecule has 7 atom stereocenters. The Morgan fingerprint density at radius 1 is 0.931 bits per heavy atom. The first-order chi connectivity index (χ1) is 13.6. The van der Waals surface area contributed by atoms with Crippen LogP contribution in [0.1, 0.15) is 105 Å². The summed E-state index contributed by atoms with van der Waals surface area (Å²) in [5.41, 5.74) is 2.75. The number of hydrogen-bond acceptors (Lipinski definition) is 2. The first kappa shape index (κ1) is 22.6. The van der Waals surface area contributed by atoms with Crippen molar-refractivity contribution in [1.29, 1.82) is 0 Å². The number of hydrogen-bond donors (Lipinski definition) is 2. The van der Waals surface area contributed by atoms with Crippen LogP contribution in [0, 0.1) is 46.3 Å². The van der Waals surface area contributed by atoms with Gasteiger partial charge < -0.3 is 0 Å². The molecule has 0 saturated heterocycles. The molecule has 3 fully saturated rings. The average molecular weight is 435 g/mol. The molecule has 0 bridgehead atoms. The van der Waals surface area contributed by atoms with E-state index < -0.39 is 0 Å². The fraction of sp³-hybridized carbons (Fsp3) is 0.926. The van der Waals surface area contributed by atoms with Crippen LogP contribution < -0.4 is 0 Å². The Morgan fingerprint density at radius 2 is 1.69 bits per heavy atom. The molecule has 4 rings (SSSR count). The van der Waals surface area contributed by atoms with E-state index in [0.717, 1.165) is 41.9 Å². The lowest BCUT2D eigenvalue weighted by atomic mass is 9.46. The molecule has 0 nitrogen and oxygen atoms in total. The molecule has 0 aromatic rings. The van der Waals surface area contributed by atoms with Gasteiger partial charge in [0.05, 0.1) is 4.08 Å². The van der Waals surface area contributed by atoms with Crippen molar-refractivity contribution in [3.8, 4) is 0 Å². The maximum Gasteiger partial charge on any atom is 0.0736 e. The van der Waals surface area contributed by atoms with Gasteiger partial charge in [-0.05, 0) is 97.7 Å². The summed E-state index contributed by atoms with van der Waals surface area (Å²) in [7, 11) is 0. The van der Waals surface area contributed by atoms with Gasteiger partial charge in [-0.15, -0.1) is 0 Å². The largest absolute Gasteiger partial charge is 0.158 e. The van der Waals surface area contributed by atoms with Crippen LogP contribution in [0.25, 0.3) is 0 Å². The van der Waals surface area contributed by atoms with E-state index in [-0.39, 0.29) is 4.08 Å². The SMILES string of the molecule is CC(C)CCC[C@@H](C)[C@H]1CC[C@H]2[C@@H]3CCC4=CC(S)(S)CC[C@]4(C)[C@H]3CC[C@]12C. The minimum Gasteiger partial charge on any atom is -0.158 e. The third-order valence-electron chi connectivity index (χ3n) is 10.4. The second-order valence-electron chi connectivity index (χ2n) is 12.4. The Kier molecular flexibility index (Phi) is 6.31. The highest BCUT2D eigenvalue weighted by Gasteiger charge is 2.59. The Bertz CT molecular complexity index is 634. The first-order valence-corrected chi connectivity index (χ1v) is 13.6. The number of allylic oxidation sites excluding steroid dienone is 1. The number of thiol groups is 2. The first-order valence-electron chi connectivity index (χ1n) is 12.7. The summed E-state index contributed by atoms with van der Waals surface area (Å²) in [6.07, 6.45) is 17.9. The van der Waals surface area contributed by atoms with Crippen molar-refractivity contribution in [2.24, 2.45) is 46.3 Å². The third-order valence-corrected chi connectivity index (χ3v) is 11.1. The normalized spacial score (nSPS) is 44.6. The minimum absolute atomic E-state index is 0.172. The van der Waals surface area contributed by atoms with Crippen molar-refractivity contribution in [3.63, 3.8) is 0 Å². The van der Waals surface area contributed by atoms with Gasteiger partial charge in [0.25, 0.3) is 0 Å². The zero-order chi connectivity index (χ0) is 21.0. The zero-order valence-corrected chi connectivity index (χ0v) is 21.5. The standard InChI is InChI=1S/C27H46S2/c1-18(2)7-6-8-19(3)22-11-12-23-21-10-9-20-17-27(28,29)16-15-25(20,4)24(21)13-14-26(22,23)5/h17-19,21-24,28-29H,6-16H2,1-5H3/t19-,21+,22-,23+,24+,25+,26-/m1/s1. The van der Waals surface area contributed by atoms with E-state index in [1.807, 2.05) is 0 Å². The van der Waals surface area contributed by atoms with Crippen LogP contribution in [0.5, 0.6) is 0 Å². The van der Waals surface area contributed by atoms with Gasteiger partial charge in [0, 0.05) is 0 Å². The Hall–Kier alpha value is 0.440. The van der Waals surface area contributed by atoms with E-state index in [4.69, 9.17) is 25.3 Å². The molecule has 166 valence electrons. The summed E-state index contributed by atoms with van der Waals surface area (Å²) in [5, 5.41) is 0. The lowest BCUT2D eigenvalue weighted by molar-refractivity contribution is -0.0592. The van der Waals surface area contributed by atoms with Gasteiger partial charge in [-0.3, -0.25) is 0 Å². The molecular formula is C27H46S2. The Morgan fingerprint density at radius 3 is 2.41 bits per heavy atom. The van der Waals surface area contributed by atoms with Gasteiger partial charge in [-0.1, -0.05) is 65.5 Å². The van der Waals surface area contributed by atoms with Crippen LogP contribution in [-0.4, -0.2) is 4.08 Å². The van der Waals surface area contributed by atoms with E-state index in [1.165, 1.54) is 64.2 Å². The van der Waals surface area contributed by atoms with Crippen molar-refractivity contribution in [2.45, 2.75) is 109 Å². The lowest BCUT2D eigenvalue weighted by Crippen LogP contribution is -2.51. The van der Waals surface area contributed by atoms with E-state index in [1.54, 1.807) is 5.57 Å². The fourth-order valence-electron chi connectivity index (χ4n) is 8.73. The molecule has 0 radical (unpaired) electrons. The van der Waals surface area contributed by atoms with E-state index in [9.17, 15) is 0 Å². The van der Waals surface area contributed by atoms with E-state index in [2.05, 4.69) is 40.7 Å². The maximum absolute atomic E-state index is 4.83. The highest BCUT2D eigenvalue weighted by Crippen LogP contribution is 2.68. The van der Waals surface area contributed by atoms with Crippen LogP contribution in [0.3, 0.4) is 0 Å². The fourth-order valence-corrected chi connectivity index (χ4v) is 9.26. The lowest BCUT2D eigenvalue weighted by Gasteiger charge is -2.59. The molecule has 0 N–H and O–H groups in total. The molecule has 0 aliphatic heterocycles. The topological polar surface area (TPSA) is 0 Å². The molecule has 0 heterocycles. The van der Waals surface area contributed by atoms with Crippen molar-refractivity contribution in [2.75, 3.05) is 0 Å². The van der Waals surface area contributed by atoms with Crippen LogP contribution in [0.15, 0.2) is 11.6 Å². The van der Waals surface area contributed by atoms with Gasteiger partial charge >= 0.3 is 0 Å². The summed E-state index contributed by atoms with van der Waals surface area (Å²) in [5.74, 6) is 5.61. The molecule has 2 heteroatoms. The Balaban J connectivity index is 1.50.